The molecule has 6 nitrogen and oxygen atoms in total. The second-order valence-electron chi connectivity index (χ2n) is 16.9. The van der Waals surface area contributed by atoms with Crippen LogP contribution in [0.3, 0.4) is 0 Å². The zero-order valence-electron chi connectivity index (χ0n) is 38.4. The number of carbonyl (C=O) groups excluding carboxylic acids is 2. The first-order chi connectivity index (χ1) is 27.5. The van der Waals surface area contributed by atoms with Gasteiger partial charge in [-0.15, -0.1) is 0 Å². The van der Waals surface area contributed by atoms with Crippen LogP contribution in [0.2, 0.25) is 0 Å². The van der Waals surface area contributed by atoms with Crippen LogP contribution in [0.5, 0.6) is 0 Å². The molecule has 0 bridgehead atoms. The van der Waals surface area contributed by atoms with Crippen molar-refractivity contribution in [3.05, 3.63) is 0 Å². The first kappa shape index (κ1) is 55.2. The number of carbonyl (C=O) groups is 2. The van der Waals surface area contributed by atoms with Crippen LogP contribution < -0.4 is 4.72 Å². The molecule has 56 heavy (non-hydrogen) atoms. The molecule has 7 heteroatoms. The van der Waals surface area contributed by atoms with Gasteiger partial charge in [-0.1, -0.05) is 181 Å². The summed E-state index contributed by atoms with van der Waals surface area (Å²) >= 11 is 1.81. The summed E-state index contributed by atoms with van der Waals surface area (Å²) in [7, 11) is 0. The van der Waals surface area contributed by atoms with Crippen molar-refractivity contribution in [2.45, 2.75) is 272 Å². The Morgan fingerprint density at radius 3 is 1.23 bits per heavy atom. The third kappa shape index (κ3) is 40.0. The van der Waals surface area contributed by atoms with E-state index in [-0.39, 0.29) is 24.1 Å². The second kappa shape index (κ2) is 45.3. The van der Waals surface area contributed by atoms with Crippen LogP contribution in [-0.2, 0) is 19.1 Å². The summed E-state index contributed by atoms with van der Waals surface area (Å²) < 4.78 is 15.4. The van der Waals surface area contributed by atoms with Crippen LogP contribution in [0.1, 0.15) is 259 Å². The molecule has 0 aromatic heterocycles. The van der Waals surface area contributed by atoms with Crippen molar-refractivity contribution in [3.8, 4) is 0 Å². The fourth-order valence-corrected chi connectivity index (χ4v) is 8.20. The van der Waals surface area contributed by atoms with E-state index in [1.165, 1.54) is 174 Å². The van der Waals surface area contributed by atoms with Crippen molar-refractivity contribution in [1.29, 1.82) is 0 Å². The fourth-order valence-electron chi connectivity index (χ4n) is 7.71. The Balaban J connectivity index is 4.32. The first-order valence-electron chi connectivity index (χ1n) is 25.0. The third-order valence-corrected chi connectivity index (χ3v) is 12.1. The molecule has 0 radical (unpaired) electrons. The molecule has 0 aromatic carbocycles. The highest BCUT2D eigenvalue weighted by molar-refractivity contribution is 7.97. The summed E-state index contributed by atoms with van der Waals surface area (Å²) in [5.41, 5.74) is 0. The smallest absolute Gasteiger partial charge is 0.306 e. The van der Waals surface area contributed by atoms with Gasteiger partial charge in [0, 0.05) is 25.1 Å². The molecule has 0 aliphatic heterocycles. The SMILES string of the molecule is CCCCCCCCC(CC)OC(=O)CCCCCCCN(CCCCCCCC(=O)OC(CCCCCCCC)CCCCCCCC)CCCNSCC. The van der Waals surface area contributed by atoms with Crippen molar-refractivity contribution in [1.82, 2.24) is 9.62 Å². The highest BCUT2D eigenvalue weighted by Crippen LogP contribution is 2.19. The lowest BCUT2D eigenvalue weighted by molar-refractivity contribution is -0.150. The normalized spacial score (nSPS) is 12.2. The molecule has 0 aromatic rings. The van der Waals surface area contributed by atoms with Gasteiger partial charge in [0.05, 0.1) is 0 Å². The van der Waals surface area contributed by atoms with Gasteiger partial charge in [-0.05, 0) is 96.7 Å². The molecule has 1 N–H and O–H groups in total. The molecule has 0 saturated carbocycles. The van der Waals surface area contributed by atoms with Gasteiger partial charge < -0.3 is 14.4 Å². The fraction of sp³-hybridized carbons (Fsp3) is 0.959. The van der Waals surface area contributed by atoms with Crippen LogP contribution in [0, 0.1) is 0 Å². The summed E-state index contributed by atoms with van der Waals surface area (Å²) in [4.78, 5) is 27.9. The number of unbranched alkanes of at least 4 members (excludes halogenated alkanes) is 23. The predicted octanol–water partition coefficient (Wildman–Crippen LogP) is 15.1. The van der Waals surface area contributed by atoms with Gasteiger partial charge in [0.15, 0.2) is 0 Å². The van der Waals surface area contributed by atoms with Crippen LogP contribution in [0.4, 0.5) is 0 Å². The summed E-state index contributed by atoms with van der Waals surface area (Å²) in [6.45, 7) is 15.7. The Hall–Kier alpha value is -0.790. The maximum atomic E-state index is 12.8. The van der Waals surface area contributed by atoms with Gasteiger partial charge >= 0.3 is 11.9 Å². The number of rotatable bonds is 46. The lowest BCUT2D eigenvalue weighted by atomic mass is 10.0. The summed E-state index contributed by atoms with van der Waals surface area (Å²) in [5.74, 6) is 1.16. The van der Waals surface area contributed by atoms with Crippen molar-refractivity contribution >= 4 is 23.9 Å². The lowest BCUT2D eigenvalue weighted by Gasteiger charge is -2.22. The van der Waals surface area contributed by atoms with E-state index in [0.29, 0.717) is 12.8 Å². The van der Waals surface area contributed by atoms with Crippen molar-refractivity contribution in [2.24, 2.45) is 0 Å². The first-order valence-corrected chi connectivity index (χ1v) is 25.9. The van der Waals surface area contributed by atoms with Gasteiger partial charge in [-0.3, -0.25) is 14.3 Å². The number of ether oxygens (including phenoxy) is 2. The maximum absolute atomic E-state index is 12.8. The average molecular weight is 811 g/mol. The van der Waals surface area contributed by atoms with Crippen LogP contribution in [0.15, 0.2) is 0 Å². The molecule has 0 aliphatic rings. The van der Waals surface area contributed by atoms with E-state index in [1.807, 2.05) is 11.9 Å². The minimum atomic E-state index is 0.00929. The van der Waals surface area contributed by atoms with E-state index < -0.39 is 0 Å². The molecular formula is C49H98N2O4S. The summed E-state index contributed by atoms with van der Waals surface area (Å²) in [6, 6.07) is 0. The Morgan fingerprint density at radius 2 is 0.804 bits per heavy atom. The molecule has 1 unspecified atom stereocenters. The standard InChI is InChI=1S/C49H98N2O4S/c1-6-11-14-17-22-29-37-46(9-4)54-48(52)40-32-25-20-27-34-43-51(45-36-42-50-56-10-5)44-35-28-21-26-33-41-49(53)55-47(38-30-23-18-15-12-7-2)39-31-24-19-16-13-8-3/h46-47,50H,6-45H2,1-5H3. The van der Waals surface area contributed by atoms with Crippen LogP contribution in [-0.4, -0.2) is 61.0 Å². The summed E-state index contributed by atoms with van der Waals surface area (Å²) in [5, 5.41) is 0. The second-order valence-corrected chi connectivity index (χ2v) is 18.0. The molecule has 1 atom stereocenters. The Morgan fingerprint density at radius 1 is 0.446 bits per heavy atom. The maximum Gasteiger partial charge on any atom is 0.306 e. The number of esters is 2. The molecule has 0 rings (SSSR count). The van der Waals surface area contributed by atoms with Gasteiger partial charge in [0.1, 0.15) is 12.2 Å². The molecule has 0 spiro atoms. The molecule has 334 valence electrons. The van der Waals surface area contributed by atoms with E-state index in [1.54, 1.807) is 0 Å². The van der Waals surface area contributed by atoms with Gasteiger partial charge in [-0.25, -0.2) is 0 Å². The minimum absolute atomic E-state index is 0.00929. The van der Waals surface area contributed by atoms with E-state index in [4.69, 9.17) is 9.47 Å². The van der Waals surface area contributed by atoms with E-state index in [2.05, 4.69) is 44.2 Å². The number of nitrogens with one attached hydrogen (secondary N) is 1. The number of hydrogen-bond donors (Lipinski definition) is 1. The Kier molecular flexibility index (Phi) is 44.7. The molecule has 0 heterocycles. The Bertz CT molecular complexity index is 799. The zero-order valence-corrected chi connectivity index (χ0v) is 39.2. The molecular weight excluding hydrogens is 713 g/mol. The molecule has 0 amide bonds. The predicted molar refractivity (Wildman–Crippen MR) is 247 cm³/mol. The number of hydrogen-bond acceptors (Lipinski definition) is 7. The molecule has 0 fully saturated rings. The monoisotopic (exact) mass is 811 g/mol. The highest BCUT2D eigenvalue weighted by atomic mass is 32.2. The van der Waals surface area contributed by atoms with E-state index in [9.17, 15) is 9.59 Å². The highest BCUT2D eigenvalue weighted by Gasteiger charge is 2.15. The van der Waals surface area contributed by atoms with Gasteiger partial charge in [0.25, 0.3) is 0 Å². The van der Waals surface area contributed by atoms with Crippen molar-refractivity contribution in [3.63, 3.8) is 0 Å². The van der Waals surface area contributed by atoms with Crippen LogP contribution >= 0.6 is 11.9 Å². The van der Waals surface area contributed by atoms with Gasteiger partial charge in [0.2, 0.25) is 0 Å². The van der Waals surface area contributed by atoms with E-state index >= 15 is 0 Å². The minimum Gasteiger partial charge on any atom is -0.462 e. The van der Waals surface area contributed by atoms with Crippen molar-refractivity contribution in [2.75, 3.05) is 31.9 Å². The third-order valence-electron chi connectivity index (χ3n) is 11.4. The molecule has 0 aliphatic carbocycles. The average Bonchev–Trinajstić information content (AvgIpc) is 3.19. The van der Waals surface area contributed by atoms with Crippen LogP contribution in [0.25, 0.3) is 0 Å². The molecule has 0 saturated heterocycles. The van der Waals surface area contributed by atoms with Gasteiger partial charge in [-0.2, -0.15) is 0 Å². The van der Waals surface area contributed by atoms with E-state index in [0.717, 1.165) is 70.2 Å². The quantitative estimate of drug-likeness (QED) is 0.0373. The zero-order chi connectivity index (χ0) is 41.0. The lowest BCUT2D eigenvalue weighted by Crippen LogP contribution is -2.29. The Labute approximate surface area is 354 Å². The van der Waals surface area contributed by atoms with Crippen molar-refractivity contribution < 1.29 is 19.1 Å². The number of nitrogens with zero attached hydrogens (tertiary/aromatic N) is 1. The topological polar surface area (TPSA) is 67.9 Å². The largest absolute Gasteiger partial charge is 0.462 e. The summed E-state index contributed by atoms with van der Waals surface area (Å²) in [6.07, 6.45) is 41.3.